The number of nitrogens with zero attached hydrogens (tertiary/aromatic N) is 1. The van der Waals surface area contributed by atoms with Gasteiger partial charge in [0.2, 0.25) is 5.75 Å². The number of pyridine rings is 1. The molecule has 0 unspecified atom stereocenters. The number of amides is 1. The fourth-order valence-electron chi connectivity index (χ4n) is 5.02. The van der Waals surface area contributed by atoms with Crippen LogP contribution in [0.2, 0.25) is 0 Å². The second-order valence-electron chi connectivity index (χ2n) is 9.49. The van der Waals surface area contributed by atoms with Crippen LogP contribution in [-0.4, -0.2) is 50.6 Å². The highest BCUT2D eigenvalue weighted by Gasteiger charge is 2.28. The van der Waals surface area contributed by atoms with Crippen LogP contribution in [0.3, 0.4) is 0 Å². The van der Waals surface area contributed by atoms with Crippen molar-refractivity contribution in [3.8, 4) is 17.2 Å². The molecule has 1 heterocycles. The van der Waals surface area contributed by atoms with E-state index in [9.17, 15) is 18.4 Å². The second-order valence-corrected chi connectivity index (χ2v) is 10.6. The largest absolute Gasteiger partial charge is 0.493 e. The zero-order valence-corrected chi connectivity index (χ0v) is 24.4. The van der Waals surface area contributed by atoms with Crippen molar-refractivity contribution in [3.63, 3.8) is 0 Å². The van der Waals surface area contributed by atoms with Gasteiger partial charge in [-0.15, -0.1) is 0 Å². The van der Waals surface area contributed by atoms with Gasteiger partial charge in [-0.3, -0.25) is 4.79 Å². The summed E-state index contributed by atoms with van der Waals surface area (Å²) in [6, 6.07) is 16.9. The molecule has 0 saturated carbocycles. The number of hydrogen-bond donors (Lipinski definition) is 1. The Labute approximate surface area is 251 Å². The summed E-state index contributed by atoms with van der Waals surface area (Å²) in [6.07, 6.45) is 3.17. The minimum atomic E-state index is -2.54. The Morgan fingerprint density at radius 2 is 1.67 bits per heavy atom. The quantitative estimate of drug-likeness (QED) is 0.155. The minimum Gasteiger partial charge on any atom is -0.493 e. The van der Waals surface area contributed by atoms with E-state index in [-0.39, 0.29) is 0 Å². The molecule has 0 aliphatic heterocycles. The number of carbonyl (C=O) groups is 2. The van der Waals surface area contributed by atoms with Crippen molar-refractivity contribution in [1.82, 2.24) is 4.98 Å². The lowest BCUT2D eigenvalue weighted by Crippen LogP contribution is -2.21. The molecule has 0 radical (unpaired) electrons. The molecule has 1 N–H and O–H groups in total. The molecule has 222 valence electrons. The Kier molecular flexibility index (Phi) is 9.10. The molecule has 1 aromatic heterocycles. The Bertz CT molecular complexity index is 1680. The molecule has 8 nitrogen and oxygen atoms in total. The lowest BCUT2D eigenvalue weighted by molar-refractivity contribution is -0.119. The van der Waals surface area contributed by atoms with Crippen molar-refractivity contribution in [3.05, 3.63) is 83.0 Å². The summed E-state index contributed by atoms with van der Waals surface area (Å²) < 4.78 is 47.0. The monoisotopic (exact) mass is 606 g/mol. The van der Waals surface area contributed by atoms with Crippen molar-refractivity contribution in [1.29, 1.82) is 0 Å². The van der Waals surface area contributed by atoms with Crippen LogP contribution in [0.1, 0.15) is 33.6 Å². The van der Waals surface area contributed by atoms with Gasteiger partial charge in [-0.25, -0.2) is 9.78 Å². The van der Waals surface area contributed by atoms with Gasteiger partial charge in [0.15, 0.2) is 18.1 Å². The molecule has 4 aromatic rings. The van der Waals surface area contributed by atoms with E-state index in [0.717, 1.165) is 16.7 Å². The first-order chi connectivity index (χ1) is 20.8. The number of carbonyl (C=O) groups excluding carboxylic acids is 2. The average molecular weight is 607 g/mol. The van der Waals surface area contributed by atoms with E-state index >= 15 is 0 Å². The Hall–Kier alpha value is -4.64. The van der Waals surface area contributed by atoms with Crippen LogP contribution in [0.15, 0.2) is 65.6 Å². The molecular formula is C32H28F2N2O6S. The van der Waals surface area contributed by atoms with E-state index in [1.165, 1.54) is 24.3 Å². The van der Waals surface area contributed by atoms with Crippen LogP contribution in [0.25, 0.3) is 22.6 Å². The van der Waals surface area contributed by atoms with Gasteiger partial charge in [-0.1, -0.05) is 30.0 Å². The number of rotatable bonds is 10. The van der Waals surface area contributed by atoms with Gasteiger partial charge in [-0.05, 0) is 78.1 Å². The number of aromatic nitrogens is 1. The molecule has 43 heavy (non-hydrogen) atoms. The maximum Gasteiger partial charge on any atom is 0.339 e. The number of thioether (sulfide) groups is 1. The number of anilines is 1. The summed E-state index contributed by atoms with van der Waals surface area (Å²) in [4.78, 5) is 31.3. The minimum absolute atomic E-state index is 0.370. The predicted molar refractivity (Wildman–Crippen MR) is 161 cm³/mol. The number of hydrogen-bond acceptors (Lipinski definition) is 8. The molecule has 0 atom stereocenters. The molecule has 1 aliphatic rings. The van der Waals surface area contributed by atoms with Gasteiger partial charge < -0.3 is 24.3 Å². The van der Waals surface area contributed by atoms with E-state index in [2.05, 4.69) is 5.32 Å². The highest BCUT2D eigenvalue weighted by Crippen LogP contribution is 2.41. The molecule has 3 aromatic carbocycles. The SMILES string of the molecule is COc1cc(C=C2CCc3c2nc2ccccc2c3C(=O)OCC(=O)Nc2ccc(SC(F)F)cc2)cc(OC)c1OC. The van der Waals surface area contributed by atoms with E-state index in [1.807, 2.05) is 36.4 Å². The average Bonchev–Trinajstić information content (AvgIpc) is 3.40. The number of methoxy groups -OCH3 is 3. The van der Waals surface area contributed by atoms with Gasteiger partial charge in [0, 0.05) is 16.0 Å². The molecule has 0 bridgehead atoms. The highest BCUT2D eigenvalue weighted by molar-refractivity contribution is 7.99. The Morgan fingerprint density at radius 1 is 0.977 bits per heavy atom. The van der Waals surface area contributed by atoms with Crippen molar-refractivity contribution in [2.45, 2.75) is 23.5 Å². The normalized spacial score (nSPS) is 13.2. The lowest BCUT2D eigenvalue weighted by Gasteiger charge is -2.14. The highest BCUT2D eigenvalue weighted by atomic mass is 32.2. The summed E-state index contributed by atoms with van der Waals surface area (Å²) in [7, 11) is 4.65. The molecular weight excluding hydrogens is 578 g/mol. The van der Waals surface area contributed by atoms with E-state index < -0.39 is 24.2 Å². The van der Waals surface area contributed by atoms with Crippen LogP contribution in [0, 0.1) is 0 Å². The fourth-order valence-corrected chi connectivity index (χ4v) is 5.52. The summed E-state index contributed by atoms with van der Waals surface area (Å²) >= 11 is 0.413. The third-order valence-corrected chi connectivity index (χ3v) is 7.59. The first-order valence-corrected chi connectivity index (χ1v) is 14.1. The van der Waals surface area contributed by atoms with E-state index in [0.29, 0.717) is 74.6 Å². The molecule has 11 heteroatoms. The molecule has 0 spiro atoms. The maximum atomic E-state index is 13.5. The van der Waals surface area contributed by atoms with Crippen molar-refractivity contribution < 1.29 is 37.3 Å². The van der Waals surface area contributed by atoms with Crippen LogP contribution in [-0.2, 0) is 16.0 Å². The van der Waals surface area contributed by atoms with E-state index in [1.54, 1.807) is 27.4 Å². The number of nitrogens with one attached hydrogen (secondary N) is 1. The maximum absolute atomic E-state index is 13.5. The van der Waals surface area contributed by atoms with Crippen LogP contribution in [0.4, 0.5) is 14.5 Å². The fraction of sp³-hybridized carbons (Fsp3) is 0.219. The summed E-state index contributed by atoms with van der Waals surface area (Å²) in [5.41, 5.74) is 4.56. The van der Waals surface area contributed by atoms with Crippen LogP contribution in [0.5, 0.6) is 17.2 Å². The van der Waals surface area contributed by atoms with Crippen LogP contribution >= 0.6 is 11.8 Å². The third kappa shape index (κ3) is 6.56. The van der Waals surface area contributed by atoms with Gasteiger partial charge in [0.1, 0.15) is 0 Å². The molecule has 0 saturated heterocycles. The molecule has 1 aliphatic carbocycles. The van der Waals surface area contributed by atoms with Gasteiger partial charge >= 0.3 is 5.97 Å². The van der Waals surface area contributed by atoms with E-state index in [4.69, 9.17) is 23.9 Å². The van der Waals surface area contributed by atoms with Crippen molar-refractivity contribution in [2.24, 2.45) is 0 Å². The third-order valence-electron chi connectivity index (χ3n) is 6.87. The first-order valence-electron chi connectivity index (χ1n) is 13.3. The molecule has 5 rings (SSSR count). The smallest absolute Gasteiger partial charge is 0.339 e. The lowest BCUT2D eigenvalue weighted by atomic mass is 10.0. The first kappa shape index (κ1) is 29.8. The number of halogens is 2. The summed E-state index contributed by atoms with van der Waals surface area (Å²) in [5.74, 6) is -2.21. The molecule has 1 amide bonds. The summed E-state index contributed by atoms with van der Waals surface area (Å²) in [6.45, 7) is -0.522. The number of esters is 1. The standard InChI is InChI=1S/C32H28F2N2O6S/c1-39-25-15-18(16-26(40-2)30(25)41-3)14-19-8-13-23-28(22-6-4-5-7-24(22)36-29(19)23)31(38)42-17-27(37)35-20-9-11-21(12-10-20)43-32(33)34/h4-7,9-12,14-16,32H,8,13,17H2,1-3H3,(H,35,37). The number of allylic oxidation sites excluding steroid dienone is 1. The van der Waals surface area contributed by atoms with Crippen molar-refractivity contribution in [2.75, 3.05) is 33.3 Å². The molecule has 0 fully saturated rings. The zero-order chi connectivity index (χ0) is 30.5. The predicted octanol–water partition coefficient (Wildman–Crippen LogP) is 6.86. The zero-order valence-electron chi connectivity index (χ0n) is 23.6. The Balaban J connectivity index is 1.40. The number of benzene rings is 3. The summed E-state index contributed by atoms with van der Waals surface area (Å²) in [5, 5.41) is 3.25. The second kappa shape index (κ2) is 13.1. The topological polar surface area (TPSA) is 96.0 Å². The van der Waals surface area contributed by atoms with Gasteiger partial charge in [-0.2, -0.15) is 8.78 Å². The Morgan fingerprint density at radius 3 is 2.33 bits per heavy atom. The van der Waals surface area contributed by atoms with Gasteiger partial charge in [0.25, 0.3) is 11.7 Å². The van der Waals surface area contributed by atoms with Crippen molar-refractivity contribution >= 4 is 51.9 Å². The number of para-hydroxylation sites is 1. The number of alkyl halides is 2. The number of ether oxygens (including phenoxy) is 4. The van der Waals surface area contributed by atoms with Gasteiger partial charge in [0.05, 0.1) is 38.1 Å². The van der Waals surface area contributed by atoms with Crippen LogP contribution < -0.4 is 19.5 Å². The number of fused-ring (bicyclic) bond motifs is 2.